The highest BCUT2D eigenvalue weighted by molar-refractivity contribution is 6.11. The summed E-state index contributed by atoms with van der Waals surface area (Å²) < 4.78 is 87.2. The fourth-order valence-electron chi connectivity index (χ4n) is 12.3. The van der Waals surface area contributed by atoms with Crippen LogP contribution in [0.4, 0.5) is 26.3 Å². The third-order valence-corrected chi connectivity index (χ3v) is 17.5. The first-order valence-electron chi connectivity index (χ1n) is 31.4. The van der Waals surface area contributed by atoms with Gasteiger partial charge in [0.2, 0.25) is 17.8 Å². The number of hydrogen-bond acceptors (Lipinski definition) is 15. The molecule has 3 atom stereocenters. The van der Waals surface area contributed by atoms with Gasteiger partial charge in [-0.05, 0) is 106 Å². The summed E-state index contributed by atoms with van der Waals surface area (Å²) in [6.07, 6.45) is 9.40. The maximum atomic E-state index is 14.4. The maximum Gasteiger partial charge on any atom is 0.266 e. The van der Waals surface area contributed by atoms with Gasteiger partial charge in [-0.25, -0.2) is 43.1 Å². The third kappa shape index (κ3) is 13.1. The summed E-state index contributed by atoms with van der Waals surface area (Å²) in [5.41, 5.74) is 18.9. The van der Waals surface area contributed by atoms with Gasteiger partial charge in [0.1, 0.15) is 20.0 Å². The number of likely N-dealkylation sites (N-methyl/N-ethyl adjacent to an activating group) is 3. The smallest absolute Gasteiger partial charge is 0.266 e. The molecule has 9 heterocycles. The minimum atomic E-state index is -1.60. The molecule has 6 N–H and O–H groups in total. The van der Waals surface area contributed by atoms with Gasteiger partial charge in [-0.2, -0.15) is 13.2 Å². The van der Waals surface area contributed by atoms with Crippen LogP contribution >= 0.6 is 0 Å². The lowest BCUT2D eigenvalue weighted by Gasteiger charge is -2.25. The summed E-state index contributed by atoms with van der Waals surface area (Å²) in [4.78, 5) is 107. The number of ketones is 3. The number of aliphatic imine (C=N–C) groups is 3. The number of nitrogens with zero attached hydrogens (tertiary/aromatic N) is 12. The monoisotopic (exact) mass is 1360 g/mol. The summed E-state index contributed by atoms with van der Waals surface area (Å²) in [6, 6.07) is 34.5. The number of guanidine groups is 3. The molecule has 3 amide bonds. The number of halogens is 6. The van der Waals surface area contributed by atoms with Gasteiger partial charge in [0.25, 0.3) is 17.7 Å². The van der Waals surface area contributed by atoms with E-state index in [1.165, 1.54) is 68.1 Å². The first-order chi connectivity index (χ1) is 47.5. The molecule has 513 valence electrons. The Morgan fingerprint density at radius 1 is 0.400 bits per heavy atom. The fourth-order valence-corrected chi connectivity index (χ4v) is 12.3. The standard InChI is InChI=1S/3C24H23F2N5O2.B/c3*1-3-20(32)19-13-17(14-31(19)11-9-25)24(22(33)30(2)23(27)29-24)16-7-4-6-15(12-16)18-8-5-10-28-21(18)26;/h3*4-8,10,12-14H,3,9,11H2,1-2H3,(H2,27,29);/t2*24-;;/m10../s1. The highest BCUT2D eigenvalue weighted by Crippen LogP contribution is 2.45. The van der Waals surface area contributed by atoms with Gasteiger partial charge in [0.15, 0.2) is 51.8 Å². The van der Waals surface area contributed by atoms with E-state index in [0.717, 1.165) is 0 Å². The fraction of sp³-hybridized carbons (Fsp3) is 0.250. The van der Waals surface area contributed by atoms with Crippen LogP contribution < -0.4 is 17.2 Å². The van der Waals surface area contributed by atoms with Crippen LogP contribution in [0.1, 0.15) is 105 Å². The quantitative estimate of drug-likeness (QED) is 0.0262. The Bertz CT molecular complexity index is 4280. The normalized spacial score (nSPS) is 17.8. The second-order valence-corrected chi connectivity index (χ2v) is 23.2. The van der Waals surface area contributed by atoms with Gasteiger partial charge in [-0.3, -0.25) is 43.5 Å². The van der Waals surface area contributed by atoms with E-state index >= 15 is 0 Å². The zero-order valence-electron chi connectivity index (χ0n) is 55.3. The van der Waals surface area contributed by atoms with Crippen molar-refractivity contribution in [1.29, 1.82) is 0 Å². The molecule has 0 spiro atoms. The van der Waals surface area contributed by atoms with Crippen molar-refractivity contribution in [3.63, 3.8) is 0 Å². The van der Waals surface area contributed by atoms with Crippen LogP contribution in [0.15, 0.2) is 180 Å². The molecular formula is C72H69BF6N15O6. The van der Waals surface area contributed by atoms with Gasteiger partial charge in [-0.1, -0.05) is 75.4 Å². The predicted octanol–water partition coefficient (Wildman–Crippen LogP) is 9.46. The topological polar surface area (TPSA) is 281 Å². The van der Waals surface area contributed by atoms with Crippen LogP contribution in [0.2, 0.25) is 0 Å². The van der Waals surface area contributed by atoms with Crippen molar-refractivity contribution in [1.82, 2.24) is 43.4 Å². The molecule has 21 nitrogen and oxygen atoms in total. The number of benzene rings is 3. The summed E-state index contributed by atoms with van der Waals surface area (Å²) >= 11 is 0. The molecule has 28 heteroatoms. The zero-order chi connectivity index (χ0) is 71.3. The lowest BCUT2D eigenvalue weighted by atomic mass is 9.83. The average Bonchev–Trinajstić information content (AvgIpc) is 1.58. The number of Topliss-reactive ketones (excluding diaryl/α,β-unsaturated/α-hetero) is 3. The molecule has 3 aliphatic rings. The Balaban J connectivity index is 0.000000174. The molecule has 3 aromatic carbocycles. The number of pyridine rings is 3. The van der Waals surface area contributed by atoms with E-state index in [4.69, 9.17) is 17.2 Å². The SMILES string of the molecule is CCC(=O)c1cc(C2(c3cccc(-c4cccnc4F)c3)N=C(N)N(C)C2=O)cn1CCF.CCC(=O)c1cc([C@@]2(c3cccc(-c4cccnc4F)c3)N=C(N)N(C)C2=O)cn1CCF.CCC(=O)c1cc([C@]2(c3cccc(-c4cccnc4F)c3)N=C(N)N(C)C2=O)cn1CCF.[B]. The number of aryl methyl sites for hydroxylation is 3. The molecule has 0 fully saturated rings. The van der Waals surface area contributed by atoms with Crippen LogP contribution in [0, 0.1) is 17.8 Å². The van der Waals surface area contributed by atoms with E-state index in [-0.39, 0.29) is 116 Å². The van der Waals surface area contributed by atoms with Crippen molar-refractivity contribution in [2.45, 2.75) is 76.3 Å². The second kappa shape index (κ2) is 30.0. The van der Waals surface area contributed by atoms with Crippen molar-refractivity contribution >= 4 is 61.4 Å². The van der Waals surface area contributed by atoms with Crippen molar-refractivity contribution < 1.29 is 55.1 Å². The molecule has 3 radical (unpaired) electrons. The largest absolute Gasteiger partial charge is 0.369 e. The van der Waals surface area contributed by atoms with Gasteiger partial charge in [0, 0.05) is 119 Å². The summed E-state index contributed by atoms with van der Waals surface area (Å²) in [6.45, 7) is 2.97. The summed E-state index contributed by atoms with van der Waals surface area (Å²) in [5, 5.41) is 0. The van der Waals surface area contributed by atoms with Crippen molar-refractivity contribution in [2.75, 3.05) is 41.2 Å². The van der Waals surface area contributed by atoms with Crippen molar-refractivity contribution in [2.24, 2.45) is 32.2 Å². The molecule has 0 aliphatic carbocycles. The highest BCUT2D eigenvalue weighted by Gasteiger charge is 2.53. The number of carbonyl (C=O) groups is 6. The first-order valence-corrected chi connectivity index (χ1v) is 31.4. The van der Waals surface area contributed by atoms with E-state index < -0.39 is 72.2 Å². The molecule has 1 unspecified atom stereocenters. The number of alkyl halides is 3. The molecule has 6 aromatic heterocycles. The highest BCUT2D eigenvalue weighted by atomic mass is 19.1. The molecule has 12 rings (SSSR count). The van der Waals surface area contributed by atoms with E-state index in [1.54, 1.807) is 167 Å². The van der Waals surface area contributed by atoms with Crippen molar-refractivity contribution in [3.8, 4) is 33.4 Å². The Hall–Kier alpha value is -11.6. The number of rotatable bonds is 21. The maximum absolute atomic E-state index is 14.4. The Morgan fingerprint density at radius 3 is 0.870 bits per heavy atom. The van der Waals surface area contributed by atoms with E-state index in [1.807, 2.05) is 0 Å². The molecular weight excluding hydrogens is 1300 g/mol. The van der Waals surface area contributed by atoms with Gasteiger partial charge < -0.3 is 30.9 Å². The van der Waals surface area contributed by atoms with E-state index in [9.17, 15) is 55.1 Å². The van der Waals surface area contributed by atoms with Crippen LogP contribution in [0.3, 0.4) is 0 Å². The number of amides is 3. The Kier molecular flexibility index (Phi) is 21.8. The predicted molar refractivity (Wildman–Crippen MR) is 365 cm³/mol. The minimum Gasteiger partial charge on any atom is -0.369 e. The number of carbonyl (C=O) groups excluding carboxylic acids is 6. The average molecular weight is 1370 g/mol. The number of nitrogens with two attached hydrogens (primary N) is 3. The second-order valence-electron chi connectivity index (χ2n) is 23.2. The van der Waals surface area contributed by atoms with Gasteiger partial charge >= 0.3 is 0 Å². The van der Waals surface area contributed by atoms with Gasteiger partial charge in [-0.15, -0.1) is 0 Å². The van der Waals surface area contributed by atoms with Crippen LogP contribution in [-0.4, -0.2) is 146 Å². The summed E-state index contributed by atoms with van der Waals surface area (Å²) in [5.74, 6) is -3.81. The Labute approximate surface area is 573 Å². The zero-order valence-corrected chi connectivity index (χ0v) is 55.3. The molecule has 0 saturated heterocycles. The molecule has 0 saturated carbocycles. The molecule has 3 aliphatic heterocycles. The van der Waals surface area contributed by atoms with E-state index in [2.05, 4.69) is 29.9 Å². The minimum absolute atomic E-state index is 0. The lowest BCUT2D eigenvalue weighted by molar-refractivity contribution is -0.130. The number of aromatic nitrogens is 6. The lowest BCUT2D eigenvalue weighted by Crippen LogP contribution is -2.41. The van der Waals surface area contributed by atoms with Crippen LogP contribution in [0.25, 0.3) is 33.4 Å². The first kappa shape index (κ1) is 72.7. The van der Waals surface area contributed by atoms with E-state index in [0.29, 0.717) is 50.1 Å². The van der Waals surface area contributed by atoms with Gasteiger partial charge in [0.05, 0.1) is 36.7 Å². The molecule has 0 bridgehead atoms. The molecule has 9 aromatic rings. The molecule has 100 heavy (non-hydrogen) atoms. The van der Waals surface area contributed by atoms with Crippen LogP contribution in [-0.2, 0) is 50.6 Å². The number of hydrogen-bond donors (Lipinski definition) is 3. The Morgan fingerprint density at radius 2 is 0.660 bits per heavy atom. The summed E-state index contributed by atoms with van der Waals surface area (Å²) in [7, 11) is 4.51. The third-order valence-electron chi connectivity index (χ3n) is 17.5. The van der Waals surface area contributed by atoms with Crippen LogP contribution in [0.5, 0.6) is 0 Å². The van der Waals surface area contributed by atoms with Crippen molar-refractivity contribution in [3.05, 3.63) is 233 Å².